The van der Waals surface area contributed by atoms with Gasteiger partial charge in [-0.1, -0.05) is 0 Å². The van der Waals surface area contributed by atoms with E-state index in [-0.39, 0.29) is 0 Å². The molecule has 0 fully saturated rings. The van der Waals surface area contributed by atoms with Crippen molar-refractivity contribution >= 4 is 17.3 Å². The highest BCUT2D eigenvalue weighted by atomic mass is 32.2. The number of carbonyl (C=O) groups excluding carboxylic acids is 1. The quantitative estimate of drug-likeness (QED) is 0.233. The third-order valence-corrected chi connectivity index (χ3v) is 0.630. The number of hydrogen-bond donors (Lipinski definition) is 3. The third kappa shape index (κ3) is 3.53. The molecule has 7 heteroatoms. The molecule has 1 unspecified atom stereocenters. The lowest BCUT2D eigenvalue weighted by atomic mass is 11.2. The van der Waals surface area contributed by atoms with E-state index in [1.54, 1.807) is 0 Å². The molecule has 0 aromatic heterocycles. The van der Waals surface area contributed by atoms with Gasteiger partial charge in [0.05, 0.1) is 0 Å². The van der Waals surface area contributed by atoms with Crippen molar-refractivity contribution in [3.8, 4) is 0 Å². The Morgan fingerprint density at radius 3 is 2.38 bits per heavy atom. The summed E-state index contributed by atoms with van der Waals surface area (Å²) in [5.74, 6) is 0. The summed E-state index contributed by atoms with van der Waals surface area (Å²) >= 11 is -2.67. The van der Waals surface area contributed by atoms with E-state index < -0.39 is 17.3 Å². The van der Waals surface area contributed by atoms with Gasteiger partial charge in [0, 0.05) is 11.3 Å². The Morgan fingerprint density at radius 2 is 2.25 bits per heavy atom. The van der Waals surface area contributed by atoms with E-state index in [0.29, 0.717) is 0 Å². The molecule has 0 rings (SSSR count). The fourth-order valence-electron chi connectivity index (χ4n) is 0.0985. The van der Waals surface area contributed by atoms with Crippen molar-refractivity contribution in [1.82, 2.24) is 10.2 Å². The molecule has 8 heavy (non-hydrogen) atoms. The van der Waals surface area contributed by atoms with Crippen LogP contribution < -0.4 is 10.2 Å². The lowest BCUT2D eigenvalue weighted by Crippen LogP contribution is -2.34. The van der Waals surface area contributed by atoms with Crippen LogP contribution in [0.2, 0.25) is 0 Å². The molecule has 48 valence electrons. The van der Waals surface area contributed by atoms with Gasteiger partial charge in [-0.15, -0.1) is 0 Å². The molecule has 0 aliphatic rings. The average molecular weight is 139 g/mol. The van der Waals surface area contributed by atoms with E-state index in [4.69, 9.17) is 5.21 Å². The summed E-state index contributed by atoms with van der Waals surface area (Å²) in [7, 11) is 0. The van der Waals surface area contributed by atoms with Crippen molar-refractivity contribution < 1.29 is 18.8 Å². The fourth-order valence-corrected chi connectivity index (χ4v) is 0.296. The zero-order valence-electron chi connectivity index (χ0n) is 3.58. The first-order chi connectivity index (χ1) is 3.66. The van der Waals surface area contributed by atoms with Crippen molar-refractivity contribution in [2.45, 2.75) is 0 Å². The van der Waals surface area contributed by atoms with Crippen molar-refractivity contribution in [1.29, 1.82) is 0 Å². The topological polar surface area (TPSA) is 101 Å². The molecule has 0 heterocycles. The predicted molar refractivity (Wildman–Crippen MR) is 22.4 cm³/mol. The Bertz CT molecular complexity index is 113. The molecule has 1 atom stereocenters. The van der Waals surface area contributed by atoms with Crippen LogP contribution in [0.3, 0.4) is 0 Å². The predicted octanol–water partition coefficient (Wildman–Crippen LogP) is -1.53. The molecule has 3 N–H and O–H groups in total. The Balaban J connectivity index is 3.40. The number of hydrogen-bond acceptors (Lipinski definition) is 4. The summed E-state index contributed by atoms with van der Waals surface area (Å²) in [5.41, 5.74) is 1.05. The molecule has 0 aliphatic heterocycles. The van der Waals surface area contributed by atoms with E-state index in [1.807, 2.05) is 0 Å². The molecule has 6 nitrogen and oxygen atoms in total. The Labute approximate surface area is 47.3 Å². The average Bonchev–Trinajstić information content (AvgIpc) is 1.65. The van der Waals surface area contributed by atoms with Gasteiger partial charge in [0.25, 0.3) is 0 Å². The molecule has 0 saturated heterocycles. The van der Waals surface area contributed by atoms with Crippen LogP contribution in [0.5, 0.6) is 0 Å². The molecule has 0 aliphatic carbocycles. The first kappa shape index (κ1) is 7.34. The largest absolute Gasteiger partial charge is 0.755 e. The number of rotatable bonds is 1. The molecule has 0 spiro atoms. The number of nitrogens with one attached hydrogen (secondary N) is 2. The molecular formula is CH3N2O4S-. The molecule has 2 amide bonds. The highest BCUT2D eigenvalue weighted by Gasteiger charge is 1.91. The smallest absolute Gasteiger partial charge is 0.349 e. The molecule has 0 saturated carbocycles. The summed E-state index contributed by atoms with van der Waals surface area (Å²) in [5, 5.41) is 7.65. The van der Waals surface area contributed by atoms with Gasteiger partial charge in [0.1, 0.15) is 0 Å². The molecule has 0 radical (unpaired) electrons. The lowest BCUT2D eigenvalue weighted by molar-refractivity contribution is 0.166. The summed E-state index contributed by atoms with van der Waals surface area (Å²) in [6, 6.07) is -1.18. The summed E-state index contributed by atoms with van der Waals surface area (Å²) in [6.07, 6.45) is 0. The van der Waals surface area contributed by atoms with E-state index in [1.165, 1.54) is 4.72 Å². The second-order valence-electron chi connectivity index (χ2n) is 0.778. The Hall–Kier alpha value is -0.660. The molecule has 0 bridgehead atoms. The second kappa shape index (κ2) is 3.36. The minimum Gasteiger partial charge on any atom is -0.755 e. The SMILES string of the molecule is O=C(NO)NS(=O)[O-]. The Morgan fingerprint density at radius 1 is 1.75 bits per heavy atom. The number of urea groups is 1. The van der Waals surface area contributed by atoms with E-state index in [2.05, 4.69) is 0 Å². The van der Waals surface area contributed by atoms with Crippen molar-refractivity contribution in [2.75, 3.05) is 0 Å². The van der Waals surface area contributed by atoms with Crippen LogP contribution in [-0.4, -0.2) is 20.0 Å². The third-order valence-electron chi connectivity index (χ3n) is 0.278. The number of hydroxylamine groups is 1. The highest BCUT2D eigenvalue weighted by molar-refractivity contribution is 7.77. The maximum absolute atomic E-state index is 9.76. The van der Waals surface area contributed by atoms with Crippen molar-refractivity contribution in [2.24, 2.45) is 0 Å². The zero-order valence-corrected chi connectivity index (χ0v) is 4.40. The van der Waals surface area contributed by atoms with Crippen LogP contribution in [0.15, 0.2) is 0 Å². The van der Waals surface area contributed by atoms with Crippen LogP contribution >= 0.6 is 0 Å². The standard InChI is InChI=1S/CH4N2O4S/c4-1(2-5)3-8(6)7/h5H,(H,6,7)(H2,2,3,4)/p-1. The minimum atomic E-state index is -2.67. The maximum Gasteiger partial charge on any atom is 0.349 e. The van der Waals surface area contributed by atoms with Gasteiger partial charge in [-0.2, -0.15) is 0 Å². The zero-order chi connectivity index (χ0) is 6.57. The van der Waals surface area contributed by atoms with Gasteiger partial charge in [-0.3, -0.25) is 14.1 Å². The first-order valence-electron chi connectivity index (χ1n) is 1.47. The number of carbonyl (C=O) groups is 1. The van der Waals surface area contributed by atoms with Crippen LogP contribution in [0.1, 0.15) is 0 Å². The van der Waals surface area contributed by atoms with Crippen LogP contribution in [0.25, 0.3) is 0 Å². The molecular weight excluding hydrogens is 136 g/mol. The molecule has 0 aromatic rings. The van der Waals surface area contributed by atoms with Gasteiger partial charge < -0.3 is 4.55 Å². The lowest BCUT2D eigenvalue weighted by Gasteiger charge is -2.03. The van der Waals surface area contributed by atoms with Crippen molar-refractivity contribution in [3.63, 3.8) is 0 Å². The van der Waals surface area contributed by atoms with E-state index >= 15 is 0 Å². The summed E-state index contributed by atoms with van der Waals surface area (Å²) < 4.78 is 20.3. The fraction of sp³-hybridized carbons (Fsp3) is 0. The molecule has 0 aromatic carbocycles. The van der Waals surface area contributed by atoms with Crippen LogP contribution in [0, 0.1) is 0 Å². The van der Waals surface area contributed by atoms with Gasteiger partial charge in [0.2, 0.25) is 0 Å². The normalized spacial score (nSPS) is 12.2. The minimum absolute atomic E-state index is 1.05. The number of amides is 2. The van der Waals surface area contributed by atoms with Gasteiger partial charge >= 0.3 is 6.03 Å². The maximum atomic E-state index is 9.76. The van der Waals surface area contributed by atoms with E-state index in [9.17, 15) is 13.6 Å². The second-order valence-corrected chi connectivity index (χ2v) is 1.45. The monoisotopic (exact) mass is 139 g/mol. The van der Waals surface area contributed by atoms with Crippen molar-refractivity contribution in [3.05, 3.63) is 0 Å². The Kier molecular flexibility index (Phi) is 3.08. The highest BCUT2D eigenvalue weighted by Crippen LogP contribution is 1.61. The van der Waals surface area contributed by atoms with Gasteiger partial charge in [0.15, 0.2) is 0 Å². The van der Waals surface area contributed by atoms with Crippen LogP contribution in [0.4, 0.5) is 4.79 Å². The van der Waals surface area contributed by atoms with Crippen LogP contribution in [-0.2, 0) is 11.3 Å². The first-order valence-corrected chi connectivity index (χ1v) is 2.54. The van der Waals surface area contributed by atoms with E-state index in [0.717, 1.165) is 5.48 Å². The summed E-state index contributed by atoms with van der Waals surface area (Å²) in [6.45, 7) is 0. The van der Waals surface area contributed by atoms with Gasteiger partial charge in [-0.25, -0.2) is 10.3 Å². The summed E-state index contributed by atoms with van der Waals surface area (Å²) in [4.78, 5) is 9.76. The van der Waals surface area contributed by atoms with Gasteiger partial charge in [-0.05, 0) is 0 Å².